The summed E-state index contributed by atoms with van der Waals surface area (Å²) in [6.45, 7) is 5.22. The Labute approximate surface area is 230 Å². The van der Waals surface area contributed by atoms with Gasteiger partial charge in [0.25, 0.3) is 0 Å². The Bertz CT molecular complexity index is 543. The van der Waals surface area contributed by atoms with Crippen LogP contribution in [0.4, 0.5) is 0 Å². The highest BCUT2D eigenvalue weighted by Gasteiger charge is 2.24. The summed E-state index contributed by atoms with van der Waals surface area (Å²) in [6, 6.07) is 0. The van der Waals surface area contributed by atoms with Crippen molar-refractivity contribution in [2.45, 2.75) is 161 Å². The van der Waals surface area contributed by atoms with Gasteiger partial charge in [-0.2, -0.15) is 0 Å². The first-order valence-electron chi connectivity index (χ1n) is 15.9. The third-order valence-electron chi connectivity index (χ3n) is 7.33. The fraction of sp³-hybridized carbons (Fsp3) is 0.938. The molecule has 37 heavy (non-hydrogen) atoms. The molecule has 5 nitrogen and oxygen atoms in total. The van der Waals surface area contributed by atoms with Crippen molar-refractivity contribution in [2.24, 2.45) is 5.92 Å². The number of ether oxygens (including phenoxy) is 1. The first kappa shape index (κ1) is 35.9. The number of unbranched alkanes of at least 4 members (excludes halogenated alkanes) is 16. The molecule has 0 aliphatic heterocycles. The van der Waals surface area contributed by atoms with Gasteiger partial charge in [0.1, 0.15) is 6.54 Å². The molecule has 1 N–H and O–H groups in total. The van der Waals surface area contributed by atoms with Gasteiger partial charge in [-0.15, -0.1) is 0 Å². The lowest BCUT2D eigenvalue weighted by Crippen LogP contribution is -2.43. The molecular formula is C32H64NO4+. The molecule has 5 heteroatoms. The zero-order valence-electron chi connectivity index (χ0n) is 25.5. The van der Waals surface area contributed by atoms with E-state index < -0.39 is 12.1 Å². The van der Waals surface area contributed by atoms with Crippen molar-refractivity contribution < 1.29 is 23.9 Å². The van der Waals surface area contributed by atoms with E-state index in [1.54, 1.807) is 0 Å². The highest BCUT2D eigenvalue weighted by Crippen LogP contribution is 2.19. The van der Waals surface area contributed by atoms with Crippen LogP contribution in [0, 0.1) is 5.92 Å². The fourth-order valence-corrected chi connectivity index (χ4v) is 5.14. The Kier molecular flexibility index (Phi) is 23.3. The lowest BCUT2D eigenvalue weighted by atomic mass is 9.95. The van der Waals surface area contributed by atoms with E-state index in [0.29, 0.717) is 17.4 Å². The summed E-state index contributed by atoms with van der Waals surface area (Å²) in [6.07, 6.45) is 26.4. The number of hydrogen-bond donors (Lipinski definition) is 1. The quantitative estimate of drug-likeness (QED) is 0.0659. The second-order valence-electron chi connectivity index (χ2n) is 12.6. The van der Waals surface area contributed by atoms with Gasteiger partial charge >= 0.3 is 11.9 Å². The maximum atomic E-state index is 12.1. The molecule has 0 aliphatic carbocycles. The minimum absolute atomic E-state index is 0.126. The van der Waals surface area contributed by atoms with Crippen LogP contribution in [0.25, 0.3) is 0 Å². The number of carbonyl (C=O) groups is 2. The minimum atomic E-state index is -0.922. The largest absolute Gasteiger partial charge is 0.481 e. The summed E-state index contributed by atoms with van der Waals surface area (Å²) in [7, 11) is 5.92. The van der Waals surface area contributed by atoms with Crippen LogP contribution in [0.3, 0.4) is 0 Å². The van der Waals surface area contributed by atoms with Crippen molar-refractivity contribution in [3.8, 4) is 0 Å². The number of rotatable bonds is 27. The Morgan fingerprint density at radius 3 is 1.49 bits per heavy atom. The van der Waals surface area contributed by atoms with Gasteiger partial charge in [-0.05, 0) is 12.3 Å². The normalized spacial score (nSPS) is 13.4. The maximum Gasteiger partial charge on any atom is 0.307 e. The topological polar surface area (TPSA) is 63.6 Å². The van der Waals surface area contributed by atoms with Gasteiger partial charge in [-0.25, -0.2) is 0 Å². The van der Waals surface area contributed by atoms with Crippen LogP contribution in [-0.4, -0.2) is 55.3 Å². The van der Waals surface area contributed by atoms with E-state index in [2.05, 4.69) is 13.8 Å². The van der Waals surface area contributed by atoms with Crippen molar-refractivity contribution in [3.05, 3.63) is 0 Å². The zero-order valence-corrected chi connectivity index (χ0v) is 25.5. The van der Waals surface area contributed by atoms with Crippen molar-refractivity contribution >= 4 is 11.9 Å². The van der Waals surface area contributed by atoms with Crippen LogP contribution in [0.15, 0.2) is 0 Å². The number of nitrogens with zero attached hydrogens (tertiary/aromatic N) is 1. The van der Waals surface area contributed by atoms with Gasteiger partial charge in [0, 0.05) is 6.42 Å². The second-order valence-corrected chi connectivity index (χ2v) is 12.6. The third-order valence-corrected chi connectivity index (χ3v) is 7.33. The average Bonchev–Trinajstić information content (AvgIpc) is 2.79. The second kappa shape index (κ2) is 24.0. The molecule has 2 unspecified atom stereocenters. The van der Waals surface area contributed by atoms with E-state index in [9.17, 15) is 9.59 Å². The number of aliphatic carboxylic acids is 1. The fourth-order valence-electron chi connectivity index (χ4n) is 5.14. The smallest absolute Gasteiger partial charge is 0.307 e. The van der Waals surface area contributed by atoms with E-state index in [1.165, 1.54) is 116 Å². The molecular weight excluding hydrogens is 462 g/mol. The van der Waals surface area contributed by atoms with E-state index in [-0.39, 0.29) is 12.4 Å². The van der Waals surface area contributed by atoms with Crippen molar-refractivity contribution in [3.63, 3.8) is 0 Å². The molecule has 0 saturated carbocycles. The molecule has 220 valence electrons. The standard InChI is InChI=1S/C32H63NO4/c1-6-7-8-9-10-11-12-13-15-18-21-24-29(2)25-22-19-16-14-17-20-23-26-32(36)37-30(27-31(34)35)28-33(3,4)5/h29-30H,6-28H2,1-5H3/p+1. The number of esters is 1. The SMILES string of the molecule is CCCCCCCCCCCCCC(C)CCCCCCCCCC(=O)OC(CC(=O)O)C[N+](C)(C)C. The summed E-state index contributed by atoms with van der Waals surface area (Å²) < 4.78 is 6.03. The molecule has 0 aromatic carbocycles. The van der Waals surface area contributed by atoms with Crippen LogP contribution in [0.2, 0.25) is 0 Å². The van der Waals surface area contributed by atoms with Crippen LogP contribution in [-0.2, 0) is 14.3 Å². The van der Waals surface area contributed by atoms with Crippen molar-refractivity contribution in [2.75, 3.05) is 27.7 Å². The molecule has 0 heterocycles. The molecule has 0 saturated heterocycles. The number of likely N-dealkylation sites (N-methyl/N-ethyl adjacent to an activating group) is 1. The lowest BCUT2D eigenvalue weighted by Gasteiger charge is -2.28. The number of carboxylic acids is 1. The summed E-state index contributed by atoms with van der Waals surface area (Å²) in [5, 5.41) is 9.07. The Morgan fingerprint density at radius 2 is 1.08 bits per heavy atom. The Balaban J connectivity index is 3.53. The van der Waals surface area contributed by atoms with Crippen LogP contribution < -0.4 is 0 Å². The van der Waals surface area contributed by atoms with Crippen LogP contribution in [0.1, 0.15) is 155 Å². The van der Waals surface area contributed by atoms with Crippen LogP contribution >= 0.6 is 0 Å². The number of carboxylic acid groups (broad SMARTS) is 1. The Hall–Kier alpha value is -1.10. The summed E-state index contributed by atoms with van der Waals surface area (Å²) in [4.78, 5) is 23.2. The highest BCUT2D eigenvalue weighted by molar-refractivity contribution is 5.71. The minimum Gasteiger partial charge on any atom is -0.481 e. The van der Waals surface area contributed by atoms with Crippen molar-refractivity contribution in [1.29, 1.82) is 0 Å². The highest BCUT2D eigenvalue weighted by atomic mass is 16.5. The van der Waals surface area contributed by atoms with Crippen LogP contribution in [0.5, 0.6) is 0 Å². The monoisotopic (exact) mass is 526 g/mol. The van der Waals surface area contributed by atoms with E-state index >= 15 is 0 Å². The number of hydrogen-bond acceptors (Lipinski definition) is 3. The van der Waals surface area contributed by atoms with E-state index in [4.69, 9.17) is 9.84 Å². The van der Waals surface area contributed by atoms with Gasteiger partial charge in [0.2, 0.25) is 0 Å². The molecule has 0 spiro atoms. The molecule has 0 aliphatic rings. The molecule has 0 amide bonds. The third kappa shape index (κ3) is 27.7. The lowest BCUT2D eigenvalue weighted by molar-refractivity contribution is -0.873. The van der Waals surface area contributed by atoms with Gasteiger partial charge in [0.05, 0.1) is 27.6 Å². The maximum absolute atomic E-state index is 12.1. The predicted molar refractivity (Wildman–Crippen MR) is 157 cm³/mol. The first-order chi connectivity index (χ1) is 17.6. The van der Waals surface area contributed by atoms with Crippen molar-refractivity contribution in [1.82, 2.24) is 0 Å². The molecule has 2 atom stereocenters. The predicted octanol–water partition coefficient (Wildman–Crippen LogP) is 8.93. The molecule has 0 rings (SSSR count). The summed E-state index contributed by atoms with van der Waals surface area (Å²) in [5.74, 6) is -0.312. The van der Waals surface area contributed by atoms with Gasteiger partial charge in [-0.3, -0.25) is 9.59 Å². The summed E-state index contributed by atoms with van der Waals surface area (Å²) in [5.41, 5.74) is 0. The van der Waals surface area contributed by atoms with E-state index in [1.807, 2.05) is 21.1 Å². The van der Waals surface area contributed by atoms with Gasteiger partial charge in [-0.1, -0.05) is 136 Å². The molecule has 0 bridgehead atoms. The molecule has 0 radical (unpaired) electrons. The zero-order chi connectivity index (χ0) is 27.8. The molecule has 0 aromatic rings. The summed E-state index contributed by atoms with van der Waals surface area (Å²) >= 11 is 0. The number of carbonyl (C=O) groups excluding carboxylic acids is 1. The number of quaternary nitrogens is 1. The average molecular weight is 527 g/mol. The molecule has 0 fully saturated rings. The molecule has 0 aromatic heterocycles. The Morgan fingerprint density at radius 1 is 0.676 bits per heavy atom. The van der Waals surface area contributed by atoms with E-state index in [0.717, 1.165) is 18.8 Å². The van der Waals surface area contributed by atoms with Gasteiger partial charge < -0.3 is 14.3 Å². The van der Waals surface area contributed by atoms with Gasteiger partial charge in [0.15, 0.2) is 6.10 Å². The first-order valence-corrected chi connectivity index (χ1v) is 15.9.